The van der Waals surface area contributed by atoms with Gasteiger partial charge in [-0.15, -0.1) is 0 Å². The Balaban J connectivity index is 2.06. The average molecular weight is 394 g/mol. The molecule has 0 aromatic heterocycles. The van der Waals surface area contributed by atoms with Gasteiger partial charge in [0.1, 0.15) is 10.7 Å². The fraction of sp³-hybridized carbons (Fsp3) is 0.333. The highest BCUT2D eigenvalue weighted by atomic mass is 32.2. The van der Waals surface area contributed by atoms with Crippen LogP contribution in [0.2, 0.25) is 0 Å². The number of hydrogen-bond donors (Lipinski definition) is 1. The molecule has 2 aliphatic rings. The molecule has 1 aromatic rings. The van der Waals surface area contributed by atoms with Crippen molar-refractivity contribution in [3.05, 3.63) is 38.3 Å². The van der Waals surface area contributed by atoms with Crippen LogP contribution in [0, 0.1) is 0 Å². The second-order valence-corrected chi connectivity index (χ2v) is 8.67. The van der Waals surface area contributed by atoms with Crippen molar-refractivity contribution in [3.63, 3.8) is 0 Å². The second-order valence-electron chi connectivity index (χ2n) is 6.08. The molecule has 0 unspecified atom stereocenters. The fourth-order valence-corrected chi connectivity index (χ4v) is 5.29. The Hall–Kier alpha value is -1.44. The molecule has 0 spiro atoms. The van der Waals surface area contributed by atoms with Gasteiger partial charge in [-0.3, -0.25) is 0 Å². The molecule has 1 N–H and O–H groups in total. The molecule has 1 aromatic carbocycles. The van der Waals surface area contributed by atoms with E-state index in [1.807, 2.05) is 23.6 Å². The van der Waals surface area contributed by atoms with E-state index in [2.05, 4.69) is 19.2 Å². The van der Waals surface area contributed by atoms with Crippen molar-refractivity contribution in [1.82, 2.24) is 0 Å². The van der Waals surface area contributed by atoms with Gasteiger partial charge in [0.15, 0.2) is 0 Å². The first-order valence-corrected chi connectivity index (χ1v) is 9.95. The standard InChI is InChI=1S/C18H19NO3S3/c1-5-22-16(20)13-9-24-17(25-13)14-11-8-10(21-4)6-7-12(11)19-18(2,3)15(14)23/h6-9,19H,5H2,1-4H3/b17-14-. The minimum absolute atomic E-state index is 0.291. The van der Waals surface area contributed by atoms with Crippen LogP contribution < -0.4 is 10.1 Å². The number of thiocarbonyl (C=S) groups is 1. The number of hydrogen-bond acceptors (Lipinski definition) is 7. The Kier molecular flexibility index (Phi) is 5.18. The molecule has 0 bridgehead atoms. The van der Waals surface area contributed by atoms with Gasteiger partial charge < -0.3 is 14.8 Å². The van der Waals surface area contributed by atoms with Crippen LogP contribution in [0.5, 0.6) is 5.75 Å². The lowest BCUT2D eigenvalue weighted by Gasteiger charge is -2.37. The summed E-state index contributed by atoms with van der Waals surface area (Å²) in [5.41, 5.74) is 2.63. The summed E-state index contributed by atoms with van der Waals surface area (Å²) in [6, 6.07) is 5.91. The lowest BCUT2D eigenvalue weighted by molar-refractivity contribution is -0.137. The van der Waals surface area contributed by atoms with Crippen LogP contribution in [-0.2, 0) is 9.53 Å². The van der Waals surface area contributed by atoms with Crippen molar-refractivity contribution in [2.75, 3.05) is 19.0 Å². The summed E-state index contributed by atoms with van der Waals surface area (Å²) in [4.78, 5) is 13.4. The SMILES string of the molecule is CCOC(=O)C1=CS/C(=C2/C(=S)C(C)(C)Nc3ccc(OC)cc32)S1. The molecule has 7 heteroatoms. The van der Waals surface area contributed by atoms with Gasteiger partial charge in [0.05, 0.1) is 23.5 Å². The predicted octanol–water partition coefficient (Wildman–Crippen LogP) is 4.82. The molecule has 0 saturated heterocycles. The van der Waals surface area contributed by atoms with E-state index < -0.39 is 0 Å². The Morgan fingerprint density at radius 2 is 2.12 bits per heavy atom. The molecule has 0 atom stereocenters. The first-order chi connectivity index (χ1) is 11.9. The highest BCUT2D eigenvalue weighted by molar-refractivity contribution is 8.28. The maximum atomic E-state index is 12.0. The summed E-state index contributed by atoms with van der Waals surface area (Å²) in [5.74, 6) is 0.480. The molecular weight excluding hydrogens is 374 g/mol. The molecule has 25 heavy (non-hydrogen) atoms. The molecule has 0 saturated carbocycles. The van der Waals surface area contributed by atoms with Crippen LogP contribution in [0.4, 0.5) is 5.69 Å². The van der Waals surface area contributed by atoms with E-state index >= 15 is 0 Å². The predicted molar refractivity (Wildman–Crippen MR) is 110 cm³/mol. The van der Waals surface area contributed by atoms with Crippen molar-refractivity contribution in [2.24, 2.45) is 0 Å². The monoisotopic (exact) mass is 393 g/mol. The van der Waals surface area contributed by atoms with Crippen molar-refractivity contribution in [1.29, 1.82) is 0 Å². The van der Waals surface area contributed by atoms with Crippen LogP contribution in [0.3, 0.4) is 0 Å². The Labute approximate surface area is 161 Å². The van der Waals surface area contributed by atoms with E-state index in [1.54, 1.807) is 14.0 Å². The minimum atomic E-state index is -0.354. The topological polar surface area (TPSA) is 47.6 Å². The fourth-order valence-electron chi connectivity index (χ4n) is 2.65. The molecule has 0 amide bonds. The quantitative estimate of drug-likeness (QED) is 0.449. The number of anilines is 1. The number of esters is 1. The maximum absolute atomic E-state index is 12.0. The highest BCUT2D eigenvalue weighted by Gasteiger charge is 2.37. The number of nitrogens with one attached hydrogen (secondary N) is 1. The van der Waals surface area contributed by atoms with Gasteiger partial charge >= 0.3 is 5.97 Å². The number of carbonyl (C=O) groups excluding carboxylic acids is 1. The Morgan fingerprint density at radius 1 is 1.36 bits per heavy atom. The number of carbonyl (C=O) groups is 1. The largest absolute Gasteiger partial charge is 0.497 e. The molecule has 132 valence electrons. The second kappa shape index (κ2) is 7.05. The molecule has 4 nitrogen and oxygen atoms in total. The van der Waals surface area contributed by atoms with Gasteiger partial charge in [-0.1, -0.05) is 35.7 Å². The number of thioether (sulfide) groups is 2. The van der Waals surface area contributed by atoms with E-state index in [1.165, 1.54) is 23.5 Å². The van der Waals surface area contributed by atoms with Gasteiger partial charge in [-0.05, 0) is 44.4 Å². The summed E-state index contributed by atoms with van der Waals surface area (Å²) in [5, 5.41) is 5.32. The number of methoxy groups -OCH3 is 1. The summed E-state index contributed by atoms with van der Waals surface area (Å²) in [6.45, 7) is 6.29. The molecule has 0 aliphatic carbocycles. The molecule has 0 fully saturated rings. The zero-order chi connectivity index (χ0) is 18.2. The number of benzene rings is 1. The Morgan fingerprint density at radius 3 is 2.80 bits per heavy atom. The highest BCUT2D eigenvalue weighted by Crippen LogP contribution is 2.51. The molecule has 2 heterocycles. The van der Waals surface area contributed by atoms with Crippen LogP contribution in [0.15, 0.2) is 32.7 Å². The van der Waals surface area contributed by atoms with Gasteiger partial charge in [-0.25, -0.2) is 4.79 Å². The number of rotatable bonds is 3. The third kappa shape index (κ3) is 3.45. The summed E-state index contributed by atoms with van der Waals surface area (Å²) in [6.07, 6.45) is 0. The lowest BCUT2D eigenvalue weighted by atomic mass is 9.85. The third-order valence-electron chi connectivity index (χ3n) is 3.89. The number of ether oxygens (including phenoxy) is 2. The van der Waals surface area contributed by atoms with Crippen LogP contribution >= 0.6 is 35.7 Å². The van der Waals surface area contributed by atoms with E-state index in [0.29, 0.717) is 11.5 Å². The zero-order valence-electron chi connectivity index (χ0n) is 14.5. The molecule has 0 radical (unpaired) electrons. The van der Waals surface area contributed by atoms with Crippen LogP contribution in [0.1, 0.15) is 26.3 Å². The average Bonchev–Trinajstić information content (AvgIpc) is 3.05. The first-order valence-electron chi connectivity index (χ1n) is 7.85. The van der Waals surface area contributed by atoms with Gasteiger partial charge in [-0.2, -0.15) is 0 Å². The van der Waals surface area contributed by atoms with Gasteiger partial charge in [0, 0.05) is 21.7 Å². The van der Waals surface area contributed by atoms with E-state index in [-0.39, 0.29) is 11.5 Å². The maximum Gasteiger partial charge on any atom is 0.345 e. The first kappa shape index (κ1) is 18.4. The van der Waals surface area contributed by atoms with Gasteiger partial charge in [0.2, 0.25) is 0 Å². The number of fused-ring (bicyclic) bond motifs is 1. The zero-order valence-corrected chi connectivity index (χ0v) is 16.9. The lowest BCUT2D eigenvalue weighted by Crippen LogP contribution is -2.43. The van der Waals surface area contributed by atoms with Crippen molar-refractivity contribution >= 4 is 57.8 Å². The summed E-state index contributed by atoms with van der Waals surface area (Å²) < 4.78 is 11.5. The smallest absolute Gasteiger partial charge is 0.345 e. The van der Waals surface area contributed by atoms with Gasteiger partial charge in [0.25, 0.3) is 0 Å². The molecular formula is C18H19NO3S3. The van der Waals surface area contributed by atoms with E-state index in [0.717, 1.165) is 31.7 Å². The van der Waals surface area contributed by atoms with Crippen molar-refractivity contribution < 1.29 is 14.3 Å². The van der Waals surface area contributed by atoms with E-state index in [4.69, 9.17) is 21.7 Å². The normalized spacial score (nSPS) is 21.3. The third-order valence-corrected chi connectivity index (χ3v) is 6.96. The summed E-state index contributed by atoms with van der Waals surface area (Å²) in [7, 11) is 1.65. The molecule has 2 aliphatic heterocycles. The van der Waals surface area contributed by atoms with Crippen LogP contribution in [-0.4, -0.2) is 30.1 Å². The molecule has 3 rings (SSSR count). The summed E-state index contributed by atoms with van der Waals surface area (Å²) >= 11 is 8.72. The van der Waals surface area contributed by atoms with Crippen molar-refractivity contribution in [3.8, 4) is 5.75 Å². The Bertz CT molecular complexity index is 812. The van der Waals surface area contributed by atoms with E-state index in [9.17, 15) is 4.79 Å². The van der Waals surface area contributed by atoms with Crippen molar-refractivity contribution in [2.45, 2.75) is 26.3 Å². The minimum Gasteiger partial charge on any atom is -0.497 e. The van der Waals surface area contributed by atoms with Crippen LogP contribution in [0.25, 0.3) is 5.57 Å².